The highest BCUT2D eigenvalue weighted by Crippen LogP contribution is 2.12. The van der Waals surface area contributed by atoms with Gasteiger partial charge in [0, 0.05) is 44.0 Å². The molecule has 0 radical (unpaired) electrons. The average molecular weight is 249 g/mol. The number of rotatable bonds is 4. The number of aryl methyl sites for hydroxylation is 1. The van der Waals surface area contributed by atoms with Crippen molar-refractivity contribution >= 4 is 5.91 Å². The molecule has 2 heterocycles. The minimum atomic E-state index is 0.0501. The highest BCUT2D eigenvalue weighted by Gasteiger charge is 2.27. The van der Waals surface area contributed by atoms with E-state index >= 15 is 0 Å². The van der Waals surface area contributed by atoms with Crippen LogP contribution in [0.25, 0.3) is 0 Å². The predicted octanol–water partition coefficient (Wildman–Crippen LogP) is 1.55. The summed E-state index contributed by atoms with van der Waals surface area (Å²) in [5.41, 5.74) is 1.33. The fourth-order valence-electron chi connectivity index (χ4n) is 2.47. The van der Waals surface area contributed by atoms with E-state index < -0.39 is 0 Å². The Hall–Kier alpha value is -1.29. The Morgan fingerprint density at radius 3 is 3.00 bits per heavy atom. The van der Waals surface area contributed by atoms with Gasteiger partial charge in [-0.05, 0) is 38.3 Å². The van der Waals surface area contributed by atoms with Gasteiger partial charge in [0.15, 0.2) is 0 Å². The van der Waals surface area contributed by atoms with E-state index in [1.807, 2.05) is 17.3 Å². The zero-order chi connectivity index (χ0) is 13.0. The first-order valence-corrected chi connectivity index (χ1v) is 6.71. The van der Waals surface area contributed by atoms with E-state index in [-0.39, 0.29) is 5.54 Å². The van der Waals surface area contributed by atoms with Gasteiger partial charge in [-0.2, -0.15) is 0 Å². The summed E-state index contributed by atoms with van der Waals surface area (Å²) >= 11 is 0. The fraction of sp³-hybridized carbons (Fsp3) is 0.643. The van der Waals surface area contributed by atoms with Crippen LogP contribution in [-0.4, -0.2) is 41.0 Å². The maximum atomic E-state index is 12.1. The zero-order valence-corrected chi connectivity index (χ0v) is 11.3. The first-order valence-electron chi connectivity index (χ1n) is 6.71. The van der Waals surface area contributed by atoms with Crippen LogP contribution in [0.1, 0.15) is 32.3 Å². The molecule has 1 fully saturated rings. The molecule has 1 saturated heterocycles. The predicted molar refractivity (Wildman–Crippen MR) is 72.4 cm³/mol. The lowest BCUT2D eigenvalue weighted by atomic mass is 10.0. The van der Waals surface area contributed by atoms with Crippen molar-refractivity contribution < 1.29 is 4.79 Å². The molecule has 100 valence electrons. The second-order valence-corrected chi connectivity index (χ2v) is 5.70. The summed E-state index contributed by atoms with van der Waals surface area (Å²) in [4.78, 5) is 17.1. The van der Waals surface area contributed by atoms with Crippen LogP contribution in [0.5, 0.6) is 0 Å². The van der Waals surface area contributed by atoms with Crippen molar-refractivity contribution in [1.82, 2.24) is 15.2 Å². The normalized spacial score (nSPS) is 18.9. The van der Waals surface area contributed by atoms with E-state index in [2.05, 4.69) is 30.2 Å². The molecular formula is C14H23N3O. The Balaban J connectivity index is 1.74. The molecular weight excluding hydrogens is 226 g/mol. The van der Waals surface area contributed by atoms with Gasteiger partial charge in [-0.25, -0.2) is 0 Å². The molecule has 1 aromatic heterocycles. The molecule has 0 atom stereocenters. The Morgan fingerprint density at radius 1 is 1.50 bits per heavy atom. The summed E-state index contributed by atoms with van der Waals surface area (Å²) in [5, 5.41) is 3.42. The molecule has 0 spiro atoms. The first-order chi connectivity index (χ1) is 8.57. The number of nitrogens with zero attached hydrogens (tertiary/aromatic N) is 1. The summed E-state index contributed by atoms with van der Waals surface area (Å²) in [7, 11) is 0. The monoisotopic (exact) mass is 249 g/mol. The molecule has 18 heavy (non-hydrogen) atoms. The van der Waals surface area contributed by atoms with E-state index in [1.54, 1.807) is 0 Å². The van der Waals surface area contributed by atoms with E-state index in [1.165, 1.54) is 5.56 Å². The number of amides is 1. The van der Waals surface area contributed by atoms with Gasteiger partial charge in [-0.1, -0.05) is 0 Å². The average Bonchev–Trinajstić information content (AvgIpc) is 2.80. The summed E-state index contributed by atoms with van der Waals surface area (Å²) in [6.45, 7) is 6.84. The number of aromatic nitrogens is 1. The molecule has 0 saturated carbocycles. The van der Waals surface area contributed by atoms with Crippen LogP contribution in [0.2, 0.25) is 0 Å². The third-order valence-corrected chi connectivity index (χ3v) is 3.44. The molecule has 0 aliphatic carbocycles. The lowest BCUT2D eigenvalue weighted by Crippen LogP contribution is -2.58. The van der Waals surface area contributed by atoms with Crippen LogP contribution >= 0.6 is 0 Å². The number of piperazine rings is 1. The van der Waals surface area contributed by atoms with Crippen LogP contribution in [0.4, 0.5) is 0 Å². The molecule has 1 aliphatic rings. The molecule has 0 bridgehead atoms. The number of hydrogen-bond acceptors (Lipinski definition) is 2. The minimum absolute atomic E-state index is 0.0501. The van der Waals surface area contributed by atoms with Crippen LogP contribution < -0.4 is 5.32 Å². The van der Waals surface area contributed by atoms with Crippen molar-refractivity contribution in [2.75, 3.05) is 19.6 Å². The minimum Gasteiger partial charge on any atom is -0.367 e. The molecule has 2 rings (SSSR count). The highest BCUT2D eigenvalue weighted by atomic mass is 16.2. The molecule has 1 amide bonds. The van der Waals surface area contributed by atoms with Gasteiger partial charge < -0.3 is 15.2 Å². The van der Waals surface area contributed by atoms with Crippen LogP contribution in [0.15, 0.2) is 18.5 Å². The van der Waals surface area contributed by atoms with Crippen LogP contribution in [0.3, 0.4) is 0 Å². The van der Waals surface area contributed by atoms with Crippen molar-refractivity contribution in [3.63, 3.8) is 0 Å². The van der Waals surface area contributed by atoms with Crippen molar-refractivity contribution in [3.8, 4) is 0 Å². The lowest BCUT2D eigenvalue weighted by Gasteiger charge is -2.39. The molecule has 0 unspecified atom stereocenters. The molecule has 0 aromatic carbocycles. The summed E-state index contributed by atoms with van der Waals surface area (Å²) in [6, 6.07) is 2.07. The molecule has 4 heteroatoms. The quantitative estimate of drug-likeness (QED) is 0.850. The maximum Gasteiger partial charge on any atom is 0.222 e. The second kappa shape index (κ2) is 5.57. The largest absolute Gasteiger partial charge is 0.367 e. The Labute approximate surface area is 109 Å². The molecule has 1 aliphatic heterocycles. The summed E-state index contributed by atoms with van der Waals surface area (Å²) < 4.78 is 0. The number of H-pyrrole nitrogens is 1. The fourth-order valence-corrected chi connectivity index (χ4v) is 2.47. The van der Waals surface area contributed by atoms with E-state index in [9.17, 15) is 4.79 Å². The third-order valence-electron chi connectivity index (χ3n) is 3.44. The van der Waals surface area contributed by atoms with E-state index in [0.717, 1.165) is 32.5 Å². The topological polar surface area (TPSA) is 48.1 Å². The summed E-state index contributed by atoms with van der Waals surface area (Å²) in [6.07, 6.45) is 6.49. The number of carbonyl (C=O) groups is 1. The standard InChI is InChI=1S/C14H23N3O/c1-14(2)11-17(9-8-16-14)13(18)5-3-4-12-6-7-15-10-12/h6-7,10,15-16H,3-5,8-9,11H2,1-2H3. The Kier molecular flexibility index (Phi) is 4.07. The molecule has 1 aromatic rings. The summed E-state index contributed by atoms with van der Waals surface area (Å²) in [5.74, 6) is 0.292. The van der Waals surface area contributed by atoms with Crippen molar-refractivity contribution in [3.05, 3.63) is 24.0 Å². The maximum absolute atomic E-state index is 12.1. The Bertz CT molecular complexity index is 384. The number of aromatic amines is 1. The molecule has 4 nitrogen and oxygen atoms in total. The molecule has 2 N–H and O–H groups in total. The van der Waals surface area contributed by atoms with Gasteiger partial charge in [-0.3, -0.25) is 4.79 Å². The van der Waals surface area contributed by atoms with Gasteiger partial charge >= 0.3 is 0 Å². The van der Waals surface area contributed by atoms with Gasteiger partial charge in [0.25, 0.3) is 0 Å². The highest BCUT2D eigenvalue weighted by molar-refractivity contribution is 5.76. The SMILES string of the molecule is CC1(C)CN(C(=O)CCCc2cc[nH]c2)CCN1. The third kappa shape index (κ3) is 3.60. The Morgan fingerprint density at radius 2 is 2.33 bits per heavy atom. The lowest BCUT2D eigenvalue weighted by molar-refractivity contribution is -0.133. The van der Waals surface area contributed by atoms with E-state index in [0.29, 0.717) is 12.3 Å². The van der Waals surface area contributed by atoms with Gasteiger partial charge in [0.05, 0.1) is 0 Å². The first kappa shape index (κ1) is 13.1. The van der Waals surface area contributed by atoms with Crippen LogP contribution in [-0.2, 0) is 11.2 Å². The number of carbonyl (C=O) groups excluding carboxylic acids is 1. The van der Waals surface area contributed by atoms with Crippen molar-refractivity contribution in [1.29, 1.82) is 0 Å². The van der Waals surface area contributed by atoms with Gasteiger partial charge in [0.1, 0.15) is 0 Å². The number of hydrogen-bond donors (Lipinski definition) is 2. The second-order valence-electron chi connectivity index (χ2n) is 5.70. The zero-order valence-electron chi connectivity index (χ0n) is 11.3. The number of nitrogens with one attached hydrogen (secondary N) is 2. The van der Waals surface area contributed by atoms with Gasteiger partial charge in [0.2, 0.25) is 5.91 Å². The smallest absolute Gasteiger partial charge is 0.222 e. The van der Waals surface area contributed by atoms with Crippen molar-refractivity contribution in [2.45, 2.75) is 38.6 Å². The van der Waals surface area contributed by atoms with E-state index in [4.69, 9.17) is 0 Å². The van der Waals surface area contributed by atoms with Crippen LogP contribution in [0, 0.1) is 0 Å². The van der Waals surface area contributed by atoms with Gasteiger partial charge in [-0.15, -0.1) is 0 Å². The van der Waals surface area contributed by atoms with Crippen molar-refractivity contribution in [2.24, 2.45) is 0 Å².